The number of aliphatic carboxylic acids is 1. The number of unbranched alkanes of at least 4 members (excludes halogenated alkanes) is 5. The van der Waals surface area contributed by atoms with Crippen LogP contribution >= 0.6 is 22.7 Å². The van der Waals surface area contributed by atoms with Crippen LogP contribution in [0.2, 0.25) is 0 Å². The number of benzene rings is 1. The first-order valence-corrected chi connectivity index (χ1v) is 17.2. The largest absolute Gasteiger partial charge is 0.486 e. The molecule has 6 heteroatoms. The Labute approximate surface area is 259 Å². The van der Waals surface area contributed by atoms with Crippen molar-refractivity contribution < 1.29 is 9.90 Å². The number of anilines is 1. The maximum atomic E-state index is 11.3. The van der Waals surface area contributed by atoms with E-state index in [1.54, 1.807) is 22.5 Å². The van der Waals surface area contributed by atoms with E-state index in [2.05, 4.69) is 62.6 Å². The molecule has 2 aliphatic heterocycles. The maximum Gasteiger partial charge on any atom is 0.333 e. The molecule has 0 amide bonds. The van der Waals surface area contributed by atoms with E-state index < -0.39 is 5.97 Å². The highest BCUT2D eigenvalue weighted by molar-refractivity contribution is 7.24. The molecule has 0 radical (unpaired) electrons. The molecule has 4 nitrogen and oxygen atoms in total. The molecule has 1 aromatic carbocycles. The van der Waals surface area contributed by atoms with E-state index in [-0.39, 0.29) is 16.5 Å². The summed E-state index contributed by atoms with van der Waals surface area (Å²) >= 11 is 3.38. The summed E-state index contributed by atoms with van der Waals surface area (Å²) in [6, 6.07) is 11.0. The number of carboxylic acids is 1. The maximum absolute atomic E-state index is 11.3. The third-order valence-electron chi connectivity index (χ3n) is 9.28. The van der Waals surface area contributed by atoms with Gasteiger partial charge in [0.15, 0.2) is 0 Å². The molecule has 222 valence electrons. The minimum Gasteiger partial charge on any atom is -0.486 e. The van der Waals surface area contributed by atoms with Gasteiger partial charge in [-0.3, -0.25) is 4.79 Å². The van der Waals surface area contributed by atoms with Crippen LogP contribution in [-0.4, -0.2) is 24.2 Å². The van der Waals surface area contributed by atoms with Crippen LogP contribution in [0.25, 0.3) is 31.1 Å². The molecule has 2 aliphatic rings. The molecule has 0 saturated carbocycles. The number of nitrogens with zero attached hydrogens (tertiary/aromatic N) is 2. The Hall–Kier alpha value is -2.88. The third kappa shape index (κ3) is 6.10. The first-order valence-electron chi connectivity index (χ1n) is 15.5. The molecule has 0 spiro atoms. The molecule has 1 N–H and O–H groups in total. The summed E-state index contributed by atoms with van der Waals surface area (Å²) in [5, 5.41) is 9.27. The van der Waals surface area contributed by atoms with Gasteiger partial charge in [-0.1, -0.05) is 66.7 Å². The van der Waals surface area contributed by atoms with Gasteiger partial charge in [0.2, 0.25) is 0 Å². The lowest BCUT2D eigenvalue weighted by Gasteiger charge is -2.49. The Morgan fingerprint density at radius 3 is 2.31 bits per heavy atom. The normalized spacial score (nSPS) is 17.1. The number of hydrogen-bond donors (Lipinski definition) is 1. The molecule has 0 bridgehead atoms. The molecule has 0 aliphatic carbocycles. The highest BCUT2D eigenvalue weighted by Gasteiger charge is 2.42. The molecular formula is C36H44N2O2S2. The summed E-state index contributed by atoms with van der Waals surface area (Å²) in [5.74, 6) is -1.18. The smallest absolute Gasteiger partial charge is 0.333 e. The third-order valence-corrected chi connectivity index (χ3v) is 11.6. The summed E-state index contributed by atoms with van der Waals surface area (Å²) < 4.78 is 0. The molecule has 2 aromatic heterocycles. The first-order chi connectivity index (χ1) is 20.1. The van der Waals surface area contributed by atoms with E-state index >= 15 is 0 Å². The lowest BCUT2D eigenvalue weighted by Crippen LogP contribution is -2.45. The van der Waals surface area contributed by atoms with Crippen LogP contribution in [0.5, 0.6) is 0 Å². The fraction of sp³-hybridized carbons (Fsp3) is 0.500. The monoisotopic (exact) mass is 600 g/mol. The number of hydrogen-bond acceptors (Lipinski definition) is 4. The first kappa shape index (κ1) is 30.6. The zero-order chi connectivity index (χ0) is 30.1. The van der Waals surface area contributed by atoms with Crippen molar-refractivity contribution in [1.29, 1.82) is 0 Å². The number of rotatable bonds is 11. The number of thiophene rings is 2. The van der Waals surface area contributed by atoms with Gasteiger partial charge in [-0.05, 0) is 95.2 Å². The lowest BCUT2D eigenvalue weighted by atomic mass is 9.67. The Bertz CT molecular complexity index is 1530. The van der Waals surface area contributed by atoms with Crippen molar-refractivity contribution in [3.8, 4) is 20.2 Å². The molecule has 0 atom stereocenters. The van der Waals surface area contributed by atoms with Crippen molar-refractivity contribution in [2.75, 3.05) is 18.0 Å². The average molecular weight is 601 g/mol. The van der Waals surface area contributed by atoms with Gasteiger partial charge in [-0.2, -0.15) is 0 Å². The Balaban J connectivity index is 1.58. The van der Waals surface area contributed by atoms with E-state index in [1.165, 1.54) is 84.0 Å². The Morgan fingerprint density at radius 2 is 1.60 bits per heavy atom. The van der Waals surface area contributed by atoms with E-state index in [9.17, 15) is 9.90 Å². The predicted molar refractivity (Wildman–Crippen MR) is 180 cm³/mol. The second kappa shape index (κ2) is 12.4. The van der Waals surface area contributed by atoms with Crippen LogP contribution in [0.1, 0.15) is 108 Å². The van der Waals surface area contributed by atoms with E-state index in [1.807, 2.05) is 23.5 Å². The summed E-state index contributed by atoms with van der Waals surface area (Å²) in [6.45, 7) is 21.5. The predicted octanol–water partition coefficient (Wildman–Crippen LogP) is 10.6. The van der Waals surface area contributed by atoms with Gasteiger partial charge in [-0.15, -0.1) is 22.7 Å². The van der Waals surface area contributed by atoms with Gasteiger partial charge >= 0.3 is 5.97 Å². The minimum absolute atomic E-state index is 0.140. The Morgan fingerprint density at radius 1 is 0.952 bits per heavy atom. The quantitative estimate of drug-likeness (QED) is 0.135. The molecule has 3 aromatic rings. The van der Waals surface area contributed by atoms with Crippen LogP contribution in [-0.2, 0) is 22.0 Å². The summed E-state index contributed by atoms with van der Waals surface area (Å²) in [4.78, 5) is 21.6. The number of carboxylic acid groups (broad SMARTS) is 1. The van der Waals surface area contributed by atoms with Crippen molar-refractivity contribution in [3.63, 3.8) is 0 Å². The van der Waals surface area contributed by atoms with Crippen molar-refractivity contribution in [1.82, 2.24) is 0 Å². The Kier molecular flexibility index (Phi) is 9.02. The topological polar surface area (TPSA) is 44.9 Å². The highest BCUT2D eigenvalue weighted by atomic mass is 32.1. The average Bonchev–Trinajstić information content (AvgIpc) is 3.62. The van der Waals surface area contributed by atoms with Crippen molar-refractivity contribution in [2.24, 2.45) is 0 Å². The van der Waals surface area contributed by atoms with Gasteiger partial charge in [0.25, 0.3) is 5.70 Å². The van der Waals surface area contributed by atoms with Gasteiger partial charge < -0.3 is 10.0 Å². The van der Waals surface area contributed by atoms with Crippen LogP contribution in [0.4, 0.5) is 5.69 Å². The molecule has 5 rings (SSSR count). The molecule has 0 fully saturated rings. The van der Waals surface area contributed by atoms with Crippen LogP contribution in [0, 0.1) is 6.57 Å². The van der Waals surface area contributed by atoms with Gasteiger partial charge in [0.05, 0.1) is 6.57 Å². The standard InChI is InChI=1S/C36H44N2O2S2/c1-7-8-9-10-11-12-13-25-26(23-27-33-32(25)36(4,5)19-21-38(33)20-18-35(27,2)3)29-16-17-31(42-29)30-15-14-24(41-30)22-28(37-6)34(39)40/h14-17,22-23H,7-13,18-21H2,1-5H3,(H,39,40)/b28-22-. The minimum atomic E-state index is -1.18. The van der Waals surface area contributed by atoms with E-state index in [4.69, 9.17) is 6.57 Å². The molecular weight excluding hydrogens is 557 g/mol. The van der Waals surface area contributed by atoms with Gasteiger partial charge in [-0.25, -0.2) is 4.85 Å². The van der Waals surface area contributed by atoms with Crippen molar-refractivity contribution in [2.45, 2.75) is 103 Å². The van der Waals surface area contributed by atoms with Gasteiger partial charge in [0, 0.05) is 38.3 Å². The fourth-order valence-corrected chi connectivity index (χ4v) is 8.81. The zero-order valence-corrected chi connectivity index (χ0v) is 27.4. The number of carbonyl (C=O) groups is 1. The second-order valence-electron chi connectivity index (χ2n) is 13.3. The van der Waals surface area contributed by atoms with Crippen LogP contribution in [0.3, 0.4) is 0 Å². The summed E-state index contributed by atoms with van der Waals surface area (Å²) in [7, 11) is 0. The second-order valence-corrected chi connectivity index (χ2v) is 15.5. The zero-order valence-electron chi connectivity index (χ0n) is 25.8. The van der Waals surface area contributed by atoms with Crippen molar-refractivity contribution >= 4 is 40.4 Å². The van der Waals surface area contributed by atoms with E-state index in [0.29, 0.717) is 0 Å². The highest BCUT2D eigenvalue weighted by Crippen LogP contribution is 2.53. The lowest BCUT2D eigenvalue weighted by molar-refractivity contribution is -0.132. The molecule has 0 unspecified atom stereocenters. The fourth-order valence-electron chi connectivity index (χ4n) is 6.73. The van der Waals surface area contributed by atoms with E-state index in [0.717, 1.165) is 29.3 Å². The van der Waals surface area contributed by atoms with Gasteiger partial charge in [0.1, 0.15) is 0 Å². The van der Waals surface area contributed by atoms with Crippen LogP contribution in [0.15, 0.2) is 36.0 Å². The molecule has 4 heterocycles. The van der Waals surface area contributed by atoms with Crippen LogP contribution < -0.4 is 4.90 Å². The molecule has 0 saturated heterocycles. The summed E-state index contributed by atoms with van der Waals surface area (Å²) in [6.07, 6.45) is 12.8. The molecule has 42 heavy (non-hydrogen) atoms. The summed E-state index contributed by atoms with van der Waals surface area (Å²) in [5.41, 5.74) is 7.64. The SMILES string of the molecule is [C-]#[N+]/C(=C\c1ccc(-c2ccc(-c3cc4c5c(c3CCCCCCCC)C(C)(C)CCN5CCC4(C)C)s2)s1)C(=O)O. The van der Waals surface area contributed by atoms with Crippen molar-refractivity contribution in [3.05, 3.63) is 69.0 Å².